The Morgan fingerprint density at radius 1 is 0.682 bits per heavy atom. The van der Waals surface area contributed by atoms with Gasteiger partial charge >= 0.3 is 0 Å². The third-order valence-corrected chi connectivity index (χ3v) is 4.59. The van der Waals surface area contributed by atoms with Gasteiger partial charge in [0.15, 0.2) is 0 Å². The van der Waals surface area contributed by atoms with Gasteiger partial charge in [-0.1, -0.05) is 71.4 Å². The predicted molar refractivity (Wildman–Crippen MR) is 101 cm³/mol. The van der Waals surface area contributed by atoms with Crippen molar-refractivity contribution in [1.82, 2.24) is 0 Å². The van der Waals surface area contributed by atoms with E-state index in [-0.39, 0.29) is 10.8 Å². The van der Waals surface area contributed by atoms with Crippen LogP contribution >= 0.6 is 12.6 Å². The zero-order valence-electron chi connectivity index (χ0n) is 14.9. The molecule has 0 atom stereocenters. The molecule has 118 valence electrons. The highest BCUT2D eigenvalue weighted by Gasteiger charge is 2.25. The Hall–Kier alpha value is -1.21. The monoisotopic (exact) mass is 312 g/mol. The normalized spacial score (nSPS) is 12.5. The van der Waals surface area contributed by atoms with Crippen LogP contribution in [0.25, 0.3) is 11.1 Å². The van der Waals surface area contributed by atoms with Crippen molar-refractivity contribution in [3.8, 4) is 11.1 Å². The molecule has 0 N–H and O–H groups in total. The molecule has 0 aliphatic heterocycles. The fraction of sp³-hybridized carbons (Fsp3) is 0.429. The number of hydrogen-bond donors (Lipinski definition) is 1. The molecule has 0 unspecified atom stereocenters. The third kappa shape index (κ3) is 3.57. The van der Waals surface area contributed by atoms with Crippen LogP contribution in [0.15, 0.2) is 41.3 Å². The Bertz CT molecular complexity index is 630. The lowest BCUT2D eigenvalue weighted by Crippen LogP contribution is -2.18. The minimum absolute atomic E-state index is 0.0811. The Balaban J connectivity index is 2.73. The van der Waals surface area contributed by atoms with Crippen molar-refractivity contribution < 1.29 is 0 Å². The maximum atomic E-state index is 4.87. The molecule has 0 bridgehead atoms. The lowest BCUT2D eigenvalue weighted by atomic mass is 9.78. The van der Waals surface area contributed by atoms with Gasteiger partial charge in [-0.05, 0) is 52.1 Å². The first-order valence-corrected chi connectivity index (χ1v) is 8.40. The smallest absolute Gasteiger partial charge is 0.0115 e. The van der Waals surface area contributed by atoms with Crippen molar-refractivity contribution in [2.24, 2.45) is 0 Å². The van der Waals surface area contributed by atoms with E-state index in [1.807, 2.05) is 0 Å². The quantitative estimate of drug-likeness (QED) is 0.567. The van der Waals surface area contributed by atoms with Crippen LogP contribution in [0, 0.1) is 6.92 Å². The number of aryl methyl sites for hydroxylation is 1. The summed E-state index contributed by atoms with van der Waals surface area (Å²) in [7, 11) is 0. The van der Waals surface area contributed by atoms with Crippen LogP contribution in [0.1, 0.15) is 58.2 Å². The molecular formula is C21H28S. The molecule has 0 aromatic heterocycles. The third-order valence-electron chi connectivity index (χ3n) is 4.11. The average Bonchev–Trinajstić information content (AvgIpc) is 2.37. The van der Waals surface area contributed by atoms with Crippen molar-refractivity contribution in [3.05, 3.63) is 53.1 Å². The van der Waals surface area contributed by atoms with Crippen molar-refractivity contribution in [3.63, 3.8) is 0 Å². The van der Waals surface area contributed by atoms with Crippen LogP contribution in [0.4, 0.5) is 0 Å². The molecule has 0 amide bonds. The Labute approximate surface area is 141 Å². The van der Waals surface area contributed by atoms with Crippen LogP contribution in [-0.4, -0.2) is 0 Å². The highest BCUT2D eigenvalue weighted by Crippen LogP contribution is 2.39. The SMILES string of the molecule is Cc1ccc(-c2cc(C(C)(C)C)c(S)c(C(C)(C)C)c2)cc1. The number of rotatable bonds is 1. The summed E-state index contributed by atoms with van der Waals surface area (Å²) < 4.78 is 0. The maximum absolute atomic E-state index is 4.87. The minimum Gasteiger partial charge on any atom is -0.143 e. The molecule has 0 spiro atoms. The fourth-order valence-corrected chi connectivity index (χ4v) is 3.49. The van der Waals surface area contributed by atoms with Crippen molar-refractivity contribution in [2.75, 3.05) is 0 Å². The van der Waals surface area contributed by atoms with Crippen molar-refractivity contribution >= 4 is 12.6 Å². The van der Waals surface area contributed by atoms with E-state index in [4.69, 9.17) is 12.6 Å². The van der Waals surface area contributed by atoms with Gasteiger partial charge in [-0.25, -0.2) is 0 Å². The maximum Gasteiger partial charge on any atom is 0.0115 e. The molecule has 0 fully saturated rings. The van der Waals surface area contributed by atoms with Crippen LogP contribution in [-0.2, 0) is 10.8 Å². The molecule has 0 aliphatic carbocycles. The Kier molecular flexibility index (Phi) is 4.50. The molecule has 22 heavy (non-hydrogen) atoms. The lowest BCUT2D eigenvalue weighted by Gasteiger charge is -2.29. The Morgan fingerprint density at radius 3 is 1.45 bits per heavy atom. The fourth-order valence-electron chi connectivity index (χ4n) is 2.69. The summed E-state index contributed by atoms with van der Waals surface area (Å²) in [4.78, 5) is 1.14. The second-order valence-electron chi connectivity index (χ2n) is 8.29. The van der Waals surface area contributed by atoms with Crippen LogP contribution in [0.5, 0.6) is 0 Å². The number of thiol groups is 1. The summed E-state index contributed by atoms with van der Waals surface area (Å²) in [5.41, 5.74) is 6.65. The largest absolute Gasteiger partial charge is 0.143 e. The predicted octanol–water partition coefficient (Wildman–Crippen LogP) is 6.55. The molecule has 1 heteroatoms. The molecule has 2 rings (SSSR count). The zero-order chi connectivity index (χ0) is 16.7. The Morgan fingerprint density at radius 2 is 1.09 bits per heavy atom. The van der Waals surface area contributed by atoms with E-state index in [1.54, 1.807) is 0 Å². The van der Waals surface area contributed by atoms with Crippen molar-refractivity contribution in [2.45, 2.75) is 64.2 Å². The second-order valence-corrected chi connectivity index (χ2v) is 8.73. The van der Waals surface area contributed by atoms with Gasteiger partial charge in [0.05, 0.1) is 0 Å². The van der Waals surface area contributed by atoms with Crippen molar-refractivity contribution in [1.29, 1.82) is 0 Å². The van der Waals surface area contributed by atoms with E-state index in [0.717, 1.165) is 4.90 Å². The summed E-state index contributed by atoms with van der Waals surface area (Å²) in [5, 5.41) is 0. The first-order chi connectivity index (χ1) is 10.00. The molecule has 0 heterocycles. The highest BCUT2D eigenvalue weighted by atomic mass is 32.1. The molecule has 0 aliphatic rings. The van der Waals surface area contributed by atoms with Crippen LogP contribution in [0.3, 0.4) is 0 Å². The zero-order valence-corrected chi connectivity index (χ0v) is 15.8. The van der Waals surface area contributed by atoms with Gasteiger partial charge < -0.3 is 0 Å². The van der Waals surface area contributed by atoms with E-state index in [1.165, 1.54) is 27.8 Å². The molecule has 0 radical (unpaired) electrons. The first kappa shape index (κ1) is 17.1. The average molecular weight is 313 g/mol. The molecule has 2 aromatic rings. The van der Waals surface area contributed by atoms with E-state index < -0.39 is 0 Å². The van der Waals surface area contributed by atoms with Gasteiger partial charge in [0.1, 0.15) is 0 Å². The summed E-state index contributed by atoms with van der Waals surface area (Å²) >= 11 is 4.87. The number of hydrogen-bond acceptors (Lipinski definition) is 1. The number of benzene rings is 2. The van der Waals surface area contributed by atoms with Crippen LogP contribution in [0.2, 0.25) is 0 Å². The molecule has 0 saturated heterocycles. The van der Waals surface area contributed by atoms with E-state index in [0.29, 0.717) is 0 Å². The van der Waals surface area contributed by atoms with Gasteiger partial charge in [0.2, 0.25) is 0 Å². The van der Waals surface area contributed by atoms with E-state index in [2.05, 4.69) is 84.9 Å². The van der Waals surface area contributed by atoms with Gasteiger partial charge in [-0.15, -0.1) is 12.6 Å². The molecule has 0 nitrogen and oxygen atoms in total. The topological polar surface area (TPSA) is 0 Å². The summed E-state index contributed by atoms with van der Waals surface area (Å²) in [5.74, 6) is 0. The molecule has 2 aromatic carbocycles. The van der Waals surface area contributed by atoms with E-state index >= 15 is 0 Å². The minimum atomic E-state index is 0.0811. The molecule has 0 saturated carbocycles. The van der Waals surface area contributed by atoms with Crippen LogP contribution < -0.4 is 0 Å². The highest BCUT2D eigenvalue weighted by molar-refractivity contribution is 7.80. The van der Waals surface area contributed by atoms with Gasteiger partial charge in [0.25, 0.3) is 0 Å². The lowest BCUT2D eigenvalue weighted by molar-refractivity contribution is 0.547. The summed E-state index contributed by atoms with van der Waals surface area (Å²) in [6.07, 6.45) is 0. The first-order valence-electron chi connectivity index (χ1n) is 7.95. The molecular weight excluding hydrogens is 284 g/mol. The standard InChI is InChI=1S/C21H28S/c1-14-8-10-15(11-9-14)16-12-17(20(2,3)4)19(22)18(13-16)21(5,6)7/h8-13,22H,1-7H3. The van der Waals surface area contributed by atoms with Gasteiger partial charge in [-0.3, -0.25) is 0 Å². The van der Waals surface area contributed by atoms with E-state index in [9.17, 15) is 0 Å². The van der Waals surface area contributed by atoms with Gasteiger partial charge in [0, 0.05) is 4.90 Å². The second kappa shape index (κ2) is 5.77. The summed E-state index contributed by atoms with van der Waals surface area (Å²) in [6.45, 7) is 15.7. The van der Waals surface area contributed by atoms with Gasteiger partial charge in [-0.2, -0.15) is 0 Å². The summed E-state index contributed by atoms with van der Waals surface area (Å²) in [6, 6.07) is 13.4.